The Hall–Kier alpha value is -2.27. The number of anilines is 1. The molecule has 0 fully saturated rings. The summed E-state index contributed by atoms with van der Waals surface area (Å²) in [6, 6.07) is 7.74. The van der Waals surface area contributed by atoms with Crippen molar-refractivity contribution in [2.24, 2.45) is 0 Å². The quantitative estimate of drug-likeness (QED) is 0.885. The highest BCUT2D eigenvalue weighted by Gasteiger charge is 2.25. The van der Waals surface area contributed by atoms with Crippen LogP contribution in [0.25, 0.3) is 0 Å². The number of nitrogens with one attached hydrogen (secondary N) is 1. The maximum Gasteiger partial charge on any atom is 0.228 e. The van der Waals surface area contributed by atoms with Crippen molar-refractivity contribution in [1.29, 1.82) is 0 Å². The van der Waals surface area contributed by atoms with Gasteiger partial charge in [0.05, 0.1) is 12.1 Å². The Kier molecular flexibility index (Phi) is 2.99. The zero-order valence-corrected chi connectivity index (χ0v) is 10.4. The molecule has 1 heterocycles. The molecule has 3 nitrogen and oxygen atoms in total. The van der Waals surface area contributed by atoms with E-state index in [9.17, 15) is 18.7 Å². The predicted molar refractivity (Wildman–Crippen MR) is 69.2 cm³/mol. The van der Waals surface area contributed by atoms with E-state index in [4.69, 9.17) is 0 Å². The highest BCUT2D eigenvalue weighted by Crippen LogP contribution is 2.35. The molecule has 5 heteroatoms. The molecule has 20 heavy (non-hydrogen) atoms. The standard InChI is InChI=1S/C15H11F2NO2/c16-10-3-1-8(2-4-10)15(20)12-7-11(17)5-9-6-13(19)18-14(9)12/h1-5,7,15,20H,6H2,(H,18,19). The number of aliphatic hydroxyl groups excluding tert-OH is 1. The van der Waals surface area contributed by atoms with Crippen molar-refractivity contribution in [3.05, 3.63) is 64.7 Å². The minimum atomic E-state index is -1.13. The van der Waals surface area contributed by atoms with Crippen LogP contribution < -0.4 is 5.32 Å². The lowest BCUT2D eigenvalue weighted by atomic mass is 9.97. The fraction of sp³-hybridized carbons (Fsp3) is 0.133. The van der Waals surface area contributed by atoms with E-state index < -0.39 is 17.7 Å². The van der Waals surface area contributed by atoms with E-state index >= 15 is 0 Å². The summed E-state index contributed by atoms with van der Waals surface area (Å²) >= 11 is 0. The van der Waals surface area contributed by atoms with Gasteiger partial charge in [-0.3, -0.25) is 4.79 Å². The summed E-state index contributed by atoms with van der Waals surface area (Å²) in [6.07, 6.45) is -1.03. The topological polar surface area (TPSA) is 49.3 Å². The maximum absolute atomic E-state index is 13.6. The van der Waals surface area contributed by atoms with Gasteiger partial charge in [-0.05, 0) is 35.4 Å². The molecule has 0 saturated heterocycles. The Balaban J connectivity index is 2.06. The van der Waals surface area contributed by atoms with E-state index in [1.165, 1.54) is 36.4 Å². The average molecular weight is 275 g/mol. The molecule has 1 aliphatic heterocycles. The van der Waals surface area contributed by atoms with Crippen molar-refractivity contribution < 1.29 is 18.7 Å². The molecule has 0 aliphatic carbocycles. The fourth-order valence-electron chi connectivity index (χ4n) is 2.38. The van der Waals surface area contributed by atoms with Gasteiger partial charge in [-0.15, -0.1) is 0 Å². The molecule has 0 radical (unpaired) electrons. The molecule has 1 amide bonds. The van der Waals surface area contributed by atoms with Crippen LogP contribution in [0.15, 0.2) is 36.4 Å². The minimum Gasteiger partial charge on any atom is -0.384 e. The van der Waals surface area contributed by atoms with Crippen LogP contribution in [0.5, 0.6) is 0 Å². The van der Waals surface area contributed by atoms with E-state index in [1.54, 1.807) is 0 Å². The lowest BCUT2D eigenvalue weighted by molar-refractivity contribution is -0.115. The predicted octanol–water partition coefficient (Wildman–Crippen LogP) is 2.54. The number of carbonyl (C=O) groups excluding carboxylic acids is 1. The maximum atomic E-state index is 13.6. The number of hydrogen-bond donors (Lipinski definition) is 2. The minimum absolute atomic E-state index is 0.0935. The summed E-state index contributed by atoms with van der Waals surface area (Å²) in [5.41, 5.74) is 1.66. The van der Waals surface area contributed by atoms with Crippen LogP contribution in [0, 0.1) is 11.6 Å². The van der Waals surface area contributed by atoms with Crippen molar-refractivity contribution in [3.8, 4) is 0 Å². The van der Waals surface area contributed by atoms with Crippen LogP contribution in [-0.4, -0.2) is 11.0 Å². The number of hydrogen-bond acceptors (Lipinski definition) is 2. The molecule has 1 unspecified atom stereocenters. The number of halogens is 2. The first kappa shape index (κ1) is 12.7. The van der Waals surface area contributed by atoms with Crippen LogP contribution in [0.3, 0.4) is 0 Å². The monoisotopic (exact) mass is 275 g/mol. The molecule has 0 saturated carbocycles. The molecule has 0 spiro atoms. The number of fused-ring (bicyclic) bond motifs is 1. The van der Waals surface area contributed by atoms with E-state index in [-0.39, 0.29) is 17.9 Å². The molecule has 2 aromatic rings. The summed E-state index contributed by atoms with van der Waals surface area (Å²) in [6.45, 7) is 0. The summed E-state index contributed by atoms with van der Waals surface area (Å²) in [7, 11) is 0. The van der Waals surface area contributed by atoms with Crippen LogP contribution >= 0.6 is 0 Å². The van der Waals surface area contributed by atoms with Gasteiger partial charge < -0.3 is 10.4 Å². The first-order valence-corrected chi connectivity index (χ1v) is 6.10. The Labute approximate surface area is 113 Å². The molecule has 2 aromatic carbocycles. The number of benzene rings is 2. The van der Waals surface area contributed by atoms with Gasteiger partial charge in [0.1, 0.15) is 17.7 Å². The van der Waals surface area contributed by atoms with Gasteiger partial charge in [-0.2, -0.15) is 0 Å². The molecule has 1 atom stereocenters. The second-order valence-electron chi connectivity index (χ2n) is 4.71. The first-order valence-electron chi connectivity index (χ1n) is 6.10. The molecule has 0 aromatic heterocycles. The Morgan fingerprint density at radius 1 is 1.10 bits per heavy atom. The van der Waals surface area contributed by atoms with Crippen molar-refractivity contribution in [1.82, 2.24) is 0 Å². The van der Waals surface area contributed by atoms with Gasteiger partial charge in [0.2, 0.25) is 5.91 Å². The second kappa shape index (κ2) is 4.68. The molecular formula is C15H11F2NO2. The number of rotatable bonds is 2. The zero-order valence-electron chi connectivity index (χ0n) is 10.4. The van der Waals surface area contributed by atoms with E-state index in [2.05, 4.69) is 5.32 Å². The third kappa shape index (κ3) is 2.16. The van der Waals surface area contributed by atoms with Crippen molar-refractivity contribution in [2.45, 2.75) is 12.5 Å². The Morgan fingerprint density at radius 3 is 2.50 bits per heavy atom. The van der Waals surface area contributed by atoms with E-state index in [0.717, 1.165) is 0 Å². The fourth-order valence-corrected chi connectivity index (χ4v) is 2.38. The van der Waals surface area contributed by atoms with Crippen molar-refractivity contribution in [3.63, 3.8) is 0 Å². The third-order valence-corrected chi connectivity index (χ3v) is 3.31. The lowest BCUT2D eigenvalue weighted by Gasteiger charge is -2.15. The normalized spacial score (nSPS) is 14.8. The zero-order chi connectivity index (χ0) is 14.3. The third-order valence-electron chi connectivity index (χ3n) is 3.31. The molecule has 102 valence electrons. The van der Waals surface area contributed by atoms with Gasteiger partial charge >= 0.3 is 0 Å². The SMILES string of the molecule is O=C1Cc2cc(F)cc(C(O)c3ccc(F)cc3)c2N1. The first-order chi connectivity index (χ1) is 9.54. The van der Waals surface area contributed by atoms with E-state index in [0.29, 0.717) is 16.8 Å². The van der Waals surface area contributed by atoms with Gasteiger partial charge in [0, 0.05) is 5.56 Å². The molecular weight excluding hydrogens is 264 g/mol. The Morgan fingerprint density at radius 2 is 1.80 bits per heavy atom. The number of aliphatic hydroxyl groups is 1. The van der Waals surface area contributed by atoms with E-state index in [1.807, 2.05) is 0 Å². The summed E-state index contributed by atoms with van der Waals surface area (Å²) in [5.74, 6) is -1.17. The van der Waals surface area contributed by atoms with Crippen LogP contribution in [-0.2, 0) is 11.2 Å². The molecule has 0 bridgehead atoms. The number of amides is 1. The Bertz CT molecular complexity index is 683. The van der Waals surface area contributed by atoms with Crippen LogP contribution in [0.1, 0.15) is 22.8 Å². The summed E-state index contributed by atoms with van der Waals surface area (Å²) < 4.78 is 26.5. The lowest BCUT2D eigenvalue weighted by Crippen LogP contribution is -2.08. The smallest absolute Gasteiger partial charge is 0.228 e. The second-order valence-corrected chi connectivity index (χ2v) is 4.71. The van der Waals surface area contributed by atoms with Gasteiger partial charge in [0.15, 0.2) is 0 Å². The molecule has 3 rings (SSSR count). The van der Waals surface area contributed by atoms with Crippen LogP contribution in [0.2, 0.25) is 0 Å². The van der Waals surface area contributed by atoms with Crippen molar-refractivity contribution in [2.75, 3.05) is 5.32 Å². The van der Waals surface area contributed by atoms with Gasteiger partial charge in [-0.25, -0.2) is 8.78 Å². The molecule has 2 N–H and O–H groups in total. The highest BCUT2D eigenvalue weighted by molar-refractivity contribution is 6.00. The largest absolute Gasteiger partial charge is 0.384 e. The highest BCUT2D eigenvalue weighted by atomic mass is 19.1. The number of carbonyl (C=O) groups is 1. The average Bonchev–Trinajstić information content (AvgIpc) is 2.78. The molecule has 1 aliphatic rings. The van der Waals surface area contributed by atoms with Gasteiger partial charge in [0.25, 0.3) is 0 Å². The summed E-state index contributed by atoms with van der Waals surface area (Å²) in [5, 5.41) is 12.9. The van der Waals surface area contributed by atoms with Crippen LogP contribution in [0.4, 0.5) is 14.5 Å². The van der Waals surface area contributed by atoms with Gasteiger partial charge in [-0.1, -0.05) is 12.1 Å². The summed E-state index contributed by atoms with van der Waals surface area (Å²) in [4.78, 5) is 11.4. The van der Waals surface area contributed by atoms with Crippen molar-refractivity contribution >= 4 is 11.6 Å².